The first-order valence-electron chi connectivity index (χ1n) is 8.63. The Balaban J connectivity index is 2.20. The highest BCUT2D eigenvalue weighted by atomic mass is 35.5. The van der Waals surface area contributed by atoms with E-state index in [0.717, 1.165) is 5.69 Å². The van der Waals surface area contributed by atoms with E-state index in [9.17, 15) is 9.00 Å². The molecule has 1 atom stereocenters. The van der Waals surface area contributed by atoms with Gasteiger partial charge in [-0.3, -0.25) is 14.4 Å². The molecule has 1 unspecified atom stereocenters. The van der Waals surface area contributed by atoms with E-state index in [1.54, 1.807) is 18.2 Å². The molecule has 8 nitrogen and oxygen atoms in total. The van der Waals surface area contributed by atoms with Crippen LogP contribution in [0.3, 0.4) is 0 Å². The first kappa shape index (κ1) is 20.8. The molecule has 0 saturated carbocycles. The monoisotopic (exact) mass is 433 g/mol. The van der Waals surface area contributed by atoms with E-state index in [-0.39, 0.29) is 16.8 Å². The third kappa shape index (κ3) is 4.10. The minimum absolute atomic E-state index is 0.241. The van der Waals surface area contributed by atoms with Gasteiger partial charge in [0.25, 0.3) is 5.91 Å². The number of ether oxygens (including phenoxy) is 1. The van der Waals surface area contributed by atoms with Crippen LogP contribution in [0, 0.1) is 5.41 Å². The van der Waals surface area contributed by atoms with Crippen LogP contribution >= 0.6 is 11.6 Å². The molecule has 0 bridgehead atoms. The van der Waals surface area contributed by atoms with Gasteiger partial charge in [0.2, 0.25) is 5.17 Å². The Kier molecular flexibility index (Phi) is 6.19. The number of benzene rings is 1. The largest absolute Gasteiger partial charge is 0.493 e. The molecule has 0 spiro atoms. The van der Waals surface area contributed by atoms with Crippen molar-refractivity contribution in [2.45, 2.75) is 6.42 Å². The third-order valence-corrected chi connectivity index (χ3v) is 5.27. The lowest BCUT2D eigenvalue weighted by molar-refractivity contribution is 0.0947. The van der Waals surface area contributed by atoms with Gasteiger partial charge in [-0.25, -0.2) is 4.99 Å². The van der Waals surface area contributed by atoms with Gasteiger partial charge in [-0.2, -0.15) is 0 Å². The molecule has 4 N–H and O–H groups in total. The number of carbonyl (C=O) groups excluding carboxylic acids is 1. The van der Waals surface area contributed by atoms with E-state index < -0.39 is 10.8 Å². The maximum absolute atomic E-state index is 12.6. The van der Waals surface area contributed by atoms with Crippen LogP contribution in [0.5, 0.6) is 5.75 Å². The second-order valence-electron chi connectivity index (χ2n) is 6.14. The van der Waals surface area contributed by atoms with E-state index in [1.165, 1.54) is 19.4 Å². The number of methoxy groups -OCH3 is 1. The average Bonchev–Trinajstić information content (AvgIpc) is 3.05. The number of nitrogens with one attached hydrogen (secondary N) is 4. The van der Waals surface area contributed by atoms with Crippen molar-refractivity contribution in [1.82, 2.24) is 10.3 Å². The molecule has 1 aromatic carbocycles. The summed E-state index contributed by atoms with van der Waals surface area (Å²) in [5.74, 6) is 0.181. The summed E-state index contributed by atoms with van der Waals surface area (Å²) < 4.78 is 17.0. The van der Waals surface area contributed by atoms with Crippen molar-refractivity contribution < 1.29 is 13.7 Å². The van der Waals surface area contributed by atoms with Crippen LogP contribution < -0.4 is 15.4 Å². The van der Waals surface area contributed by atoms with Gasteiger partial charge in [-0.1, -0.05) is 24.2 Å². The molecule has 1 aliphatic heterocycles. The summed E-state index contributed by atoms with van der Waals surface area (Å²) in [5.41, 5.74) is 2.91. The summed E-state index contributed by atoms with van der Waals surface area (Å²) in [5, 5.41) is 14.0. The topological polar surface area (TPSA) is 119 Å². The summed E-state index contributed by atoms with van der Waals surface area (Å²) in [6, 6.07) is 5.22. The molecule has 0 radical (unpaired) electrons. The normalized spacial score (nSPS) is 14.6. The zero-order valence-corrected chi connectivity index (χ0v) is 17.5. The van der Waals surface area contributed by atoms with Gasteiger partial charge in [-0.15, -0.1) is 0 Å². The number of rotatable bonds is 5. The lowest BCUT2D eigenvalue weighted by atomic mass is 10.1. The van der Waals surface area contributed by atoms with E-state index >= 15 is 0 Å². The van der Waals surface area contributed by atoms with Crippen LogP contribution in [0.25, 0.3) is 0 Å². The van der Waals surface area contributed by atoms with E-state index in [0.29, 0.717) is 46.4 Å². The molecule has 1 aliphatic rings. The number of hydrogen-bond acceptors (Lipinski definition) is 5. The molecule has 29 heavy (non-hydrogen) atoms. The number of anilines is 2. The fraction of sp³-hybridized carbons (Fsp3) is 0.211. The van der Waals surface area contributed by atoms with Crippen LogP contribution in [0.15, 0.2) is 35.8 Å². The van der Waals surface area contributed by atoms with Crippen molar-refractivity contribution in [3.63, 3.8) is 0 Å². The number of aromatic nitrogens is 1. The van der Waals surface area contributed by atoms with Crippen molar-refractivity contribution >= 4 is 50.6 Å². The van der Waals surface area contributed by atoms with Crippen LogP contribution in [0.2, 0.25) is 5.02 Å². The number of carbonyl (C=O) groups is 1. The smallest absolute Gasteiger partial charge is 0.255 e. The number of allylic oxidation sites excluding steroid dienone is 1. The molecule has 1 amide bonds. The van der Waals surface area contributed by atoms with Gasteiger partial charge < -0.3 is 20.4 Å². The first-order chi connectivity index (χ1) is 13.9. The highest BCUT2D eigenvalue weighted by Gasteiger charge is 2.28. The van der Waals surface area contributed by atoms with Gasteiger partial charge in [0.05, 0.1) is 51.3 Å². The minimum atomic E-state index is -1.56. The zero-order chi connectivity index (χ0) is 21.1. The summed E-state index contributed by atoms with van der Waals surface area (Å²) in [6.07, 6.45) is 3.41. The lowest BCUT2D eigenvalue weighted by Crippen LogP contribution is -2.31. The lowest BCUT2D eigenvalue weighted by Gasteiger charge is -2.17. The average molecular weight is 434 g/mol. The Morgan fingerprint density at radius 1 is 1.48 bits per heavy atom. The SMILES string of the molecule is C=C/C(=N\C(=N)S(C)=O)c1[nH]c2c(c1Nc1cccc(Cl)c1OC)C(=O)NCC2. The summed E-state index contributed by atoms with van der Waals surface area (Å²) in [4.78, 5) is 19.9. The summed E-state index contributed by atoms with van der Waals surface area (Å²) in [6.45, 7) is 4.25. The van der Waals surface area contributed by atoms with Gasteiger partial charge in [0, 0.05) is 24.9 Å². The number of fused-ring (bicyclic) bond motifs is 1. The van der Waals surface area contributed by atoms with Crippen molar-refractivity contribution in [3.05, 3.63) is 52.8 Å². The molecule has 2 heterocycles. The minimum Gasteiger partial charge on any atom is -0.493 e. The summed E-state index contributed by atoms with van der Waals surface area (Å²) in [7, 11) is -0.0576. The molecular weight excluding hydrogens is 414 g/mol. The molecular formula is C19H20ClN5O3S. The number of amides is 1. The number of halogens is 1. The highest BCUT2D eigenvalue weighted by Crippen LogP contribution is 2.38. The fourth-order valence-electron chi connectivity index (χ4n) is 3.02. The van der Waals surface area contributed by atoms with Gasteiger partial charge >= 0.3 is 0 Å². The second-order valence-corrected chi connectivity index (χ2v) is 7.84. The van der Waals surface area contributed by atoms with Crippen LogP contribution in [0.1, 0.15) is 21.7 Å². The Hall–Kier alpha value is -2.91. The van der Waals surface area contributed by atoms with Crippen LogP contribution in [-0.4, -0.2) is 45.9 Å². The van der Waals surface area contributed by atoms with Gasteiger partial charge in [-0.05, 0) is 18.2 Å². The van der Waals surface area contributed by atoms with Crippen molar-refractivity contribution in [2.75, 3.05) is 25.2 Å². The molecule has 152 valence electrons. The molecule has 1 aromatic heterocycles. The van der Waals surface area contributed by atoms with E-state index in [4.69, 9.17) is 21.7 Å². The molecule has 2 aromatic rings. The Labute approximate surface area is 175 Å². The third-order valence-electron chi connectivity index (χ3n) is 4.34. The highest BCUT2D eigenvalue weighted by molar-refractivity contribution is 7.99. The van der Waals surface area contributed by atoms with E-state index in [1.807, 2.05) is 0 Å². The predicted molar refractivity (Wildman–Crippen MR) is 117 cm³/mol. The number of H-pyrrole nitrogens is 1. The number of nitrogens with zero attached hydrogens (tertiary/aromatic N) is 1. The second kappa shape index (κ2) is 8.62. The van der Waals surface area contributed by atoms with E-state index in [2.05, 4.69) is 27.2 Å². The number of para-hydroxylation sites is 1. The van der Waals surface area contributed by atoms with Crippen LogP contribution in [0.4, 0.5) is 11.4 Å². The summed E-state index contributed by atoms with van der Waals surface area (Å²) >= 11 is 6.22. The molecule has 0 fully saturated rings. The van der Waals surface area contributed by atoms with Gasteiger partial charge in [0.1, 0.15) is 0 Å². The molecule has 3 rings (SSSR count). The Morgan fingerprint density at radius 2 is 2.24 bits per heavy atom. The zero-order valence-electron chi connectivity index (χ0n) is 15.9. The van der Waals surface area contributed by atoms with Crippen molar-refractivity contribution in [3.8, 4) is 5.75 Å². The molecule has 10 heteroatoms. The Bertz CT molecular complexity index is 1060. The number of amidine groups is 1. The predicted octanol–water partition coefficient (Wildman–Crippen LogP) is 2.99. The van der Waals surface area contributed by atoms with Gasteiger partial charge in [0.15, 0.2) is 5.75 Å². The number of aromatic amines is 1. The van der Waals surface area contributed by atoms with Crippen molar-refractivity contribution in [1.29, 1.82) is 5.41 Å². The standard InChI is InChI=1S/C19H20ClN5O3S/c1-4-11(25-19(21)29(3)27)15-16(14-12(23-15)8-9-22-18(14)26)24-13-7-5-6-10(20)17(13)28-2/h4-7,21,23-24H,1,8-9H2,2-3H3,(H,22,26)/b21-19?,25-11+. The number of hydrogen-bond donors (Lipinski definition) is 4. The van der Waals surface area contributed by atoms with Crippen molar-refractivity contribution in [2.24, 2.45) is 4.99 Å². The maximum Gasteiger partial charge on any atom is 0.255 e. The fourth-order valence-corrected chi connectivity index (χ4v) is 3.50. The van der Waals surface area contributed by atoms with Crippen LogP contribution in [-0.2, 0) is 17.2 Å². The quantitative estimate of drug-likeness (QED) is 0.428. The molecule has 0 aliphatic carbocycles. The first-order valence-corrected chi connectivity index (χ1v) is 10.6. The maximum atomic E-state index is 12.6. The number of aliphatic imine (C=N–C) groups is 1. The Morgan fingerprint density at radius 3 is 2.90 bits per heavy atom. The molecule has 0 saturated heterocycles.